The van der Waals surface area contributed by atoms with Gasteiger partial charge in [0.15, 0.2) is 0 Å². The summed E-state index contributed by atoms with van der Waals surface area (Å²) in [6, 6.07) is 3.79. The van der Waals surface area contributed by atoms with E-state index in [0.29, 0.717) is 22.5 Å². The van der Waals surface area contributed by atoms with E-state index in [1.165, 1.54) is 6.20 Å². The minimum atomic E-state index is -3.17. The molecule has 1 aliphatic rings. The summed E-state index contributed by atoms with van der Waals surface area (Å²) >= 11 is 7.72. The number of benzene rings is 1. The van der Waals surface area contributed by atoms with Crippen LogP contribution < -0.4 is 10.1 Å². The van der Waals surface area contributed by atoms with Gasteiger partial charge in [0.2, 0.25) is 0 Å². The normalized spacial score (nSPS) is 15.7. The third kappa shape index (κ3) is 4.74. The average Bonchev–Trinajstić information content (AvgIpc) is 3.51. The number of rotatable bonds is 7. The van der Waals surface area contributed by atoms with E-state index in [0.717, 1.165) is 53.5 Å². The van der Waals surface area contributed by atoms with E-state index in [1.807, 2.05) is 12.3 Å². The number of aromatic amines is 1. The molecule has 5 nitrogen and oxygen atoms in total. The number of piperidine rings is 1. The van der Waals surface area contributed by atoms with Crippen molar-refractivity contribution < 1.29 is 22.3 Å². The number of halogens is 5. The molecule has 0 amide bonds. The van der Waals surface area contributed by atoms with Crippen LogP contribution in [0.2, 0.25) is 5.02 Å². The summed E-state index contributed by atoms with van der Waals surface area (Å²) in [7, 11) is 0. The fourth-order valence-corrected chi connectivity index (χ4v) is 5.87. The Labute approximate surface area is 207 Å². The molecule has 1 aromatic carbocycles. The highest BCUT2D eigenvalue weighted by atomic mass is 35.5. The number of nitrogens with zero attached hydrogens (tertiary/aromatic N) is 2. The highest BCUT2D eigenvalue weighted by Crippen LogP contribution is 2.42. The first-order chi connectivity index (χ1) is 17.0. The standard InChI is InChI=1S/C24H21ClF4N4OS/c25-21-17(27)1-2-18(34-24(28)29)20(21)15(8-26)16-10-32-22-14(16)7-13(9-31-22)19-11-33-23(35-19)12-3-5-30-6-4-12/h1-2,7,9-12,15,24,30H,3-6,8H2,(H,31,32)/t15-/m1/s1. The van der Waals surface area contributed by atoms with Gasteiger partial charge in [0.1, 0.15) is 23.9 Å². The molecule has 4 heterocycles. The predicted molar refractivity (Wildman–Crippen MR) is 128 cm³/mol. The zero-order chi connectivity index (χ0) is 24.5. The molecule has 0 bridgehead atoms. The first-order valence-electron chi connectivity index (χ1n) is 11.1. The molecule has 1 aliphatic heterocycles. The molecule has 4 aromatic rings. The van der Waals surface area contributed by atoms with Gasteiger partial charge in [-0.25, -0.2) is 14.4 Å². The number of hydrogen-bond donors (Lipinski definition) is 2. The van der Waals surface area contributed by atoms with Crippen molar-refractivity contribution in [3.05, 3.63) is 63.8 Å². The molecule has 1 saturated heterocycles. The van der Waals surface area contributed by atoms with Crippen molar-refractivity contribution in [2.75, 3.05) is 19.8 Å². The van der Waals surface area contributed by atoms with Crippen LogP contribution in [-0.4, -0.2) is 41.3 Å². The molecule has 0 aliphatic carbocycles. The molecule has 1 fully saturated rings. The zero-order valence-electron chi connectivity index (χ0n) is 18.3. The molecule has 0 unspecified atom stereocenters. The monoisotopic (exact) mass is 524 g/mol. The molecule has 5 rings (SSSR count). The van der Waals surface area contributed by atoms with Crippen molar-refractivity contribution in [3.63, 3.8) is 0 Å². The number of hydrogen-bond acceptors (Lipinski definition) is 5. The molecule has 35 heavy (non-hydrogen) atoms. The lowest BCUT2D eigenvalue weighted by Crippen LogP contribution is -2.26. The molecule has 2 N–H and O–H groups in total. The molecule has 0 saturated carbocycles. The van der Waals surface area contributed by atoms with Crippen LogP contribution in [0.5, 0.6) is 5.75 Å². The van der Waals surface area contributed by atoms with Crippen molar-refractivity contribution in [2.24, 2.45) is 0 Å². The Morgan fingerprint density at radius 3 is 2.71 bits per heavy atom. The van der Waals surface area contributed by atoms with Gasteiger partial charge >= 0.3 is 6.61 Å². The molecule has 184 valence electrons. The maximum Gasteiger partial charge on any atom is 0.387 e. The van der Waals surface area contributed by atoms with Gasteiger partial charge in [0.05, 0.1) is 14.9 Å². The third-order valence-electron chi connectivity index (χ3n) is 6.25. The first kappa shape index (κ1) is 24.0. The van der Waals surface area contributed by atoms with Crippen LogP contribution in [0.1, 0.15) is 40.8 Å². The van der Waals surface area contributed by atoms with E-state index in [-0.39, 0.29) is 11.3 Å². The number of thiazole rings is 1. The molecule has 3 aromatic heterocycles. The minimum absolute atomic E-state index is 0.174. The molecular weight excluding hydrogens is 504 g/mol. The van der Waals surface area contributed by atoms with Gasteiger partial charge in [-0.1, -0.05) is 11.6 Å². The van der Waals surface area contributed by atoms with Crippen molar-refractivity contribution in [1.29, 1.82) is 0 Å². The first-order valence-corrected chi connectivity index (χ1v) is 12.3. The van der Waals surface area contributed by atoms with Gasteiger partial charge in [-0.3, -0.25) is 4.39 Å². The molecule has 0 radical (unpaired) electrons. The Hall–Kier alpha value is -2.69. The fraction of sp³-hybridized carbons (Fsp3) is 0.333. The van der Waals surface area contributed by atoms with Gasteiger partial charge in [-0.15, -0.1) is 11.3 Å². The van der Waals surface area contributed by atoms with E-state index in [1.54, 1.807) is 17.5 Å². The summed E-state index contributed by atoms with van der Waals surface area (Å²) in [5.41, 5.74) is 1.51. The lowest BCUT2D eigenvalue weighted by Gasteiger charge is -2.20. The Morgan fingerprint density at radius 2 is 1.97 bits per heavy atom. The van der Waals surface area contributed by atoms with Crippen LogP contribution in [0.3, 0.4) is 0 Å². The maximum absolute atomic E-state index is 14.4. The SMILES string of the molecule is FC[C@@H](c1c(OC(F)F)ccc(F)c1Cl)c1c[nH]c2ncc(-c3cnc(C4CCNCC4)s3)cc12. The summed E-state index contributed by atoms with van der Waals surface area (Å²) in [5, 5.41) is 4.53. The molecule has 11 heteroatoms. The molecular formula is C24H21ClF4N4OS. The lowest BCUT2D eigenvalue weighted by atomic mass is 9.91. The highest BCUT2D eigenvalue weighted by molar-refractivity contribution is 7.15. The quantitative estimate of drug-likeness (QED) is 0.266. The van der Waals surface area contributed by atoms with Crippen LogP contribution in [0.25, 0.3) is 21.5 Å². The van der Waals surface area contributed by atoms with Gasteiger partial charge in [0, 0.05) is 46.9 Å². The topological polar surface area (TPSA) is 62.8 Å². The number of ether oxygens (including phenoxy) is 1. The summed E-state index contributed by atoms with van der Waals surface area (Å²) in [6.45, 7) is -2.26. The summed E-state index contributed by atoms with van der Waals surface area (Å²) in [6.07, 6.45) is 7.10. The summed E-state index contributed by atoms with van der Waals surface area (Å²) in [4.78, 5) is 13.0. The van der Waals surface area contributed by atoms with Crippen LogP contribution in [0.4, 0.5) is 17.6 Å². The van der Waals surface area contributed by atoms with E-state index < -0.39 is 30.0 Å². The predicted octanol–water partition coefficient (Wildman–Crippen LogP) is 6.65. The second-order valence-corrected chi connectivity index (χ2v) is 9.75. The Bertz CT molecular complexity index is 1340. The Kier molecular flexibility index (Phi) is 6.95. The number of H-pyrrole nitrogens is 1. The van der Waals surface area contributed by atoms with Crippen molar-refractivity contribution in [3.8, 4) is 16.2 Å². The number of pyridine rings is 1. The number of alkyl halides is 3. The zero-order valence-corrected chi connectivity index (χ0v) is 19.9. The summed E-state index contributed by atoms with van der Waals surface area (Å²) in [5.74, 6) is -1.96. The van der Waals surface area contributed by atoms with Gasteiger partial charge in [-0.2, -0.15) is 8.78 Å². The number of nitrogens with one attached hydrogen (secondary N) is 2. The fourth-order valence-electron chi connectivity index (χ4n) is 4.51. The number of fused-ring (bicyclic) bond motifs is 1. The van der Waals surface area contributed by atoms with Crippen LogP contribution >= 0.6 is 22.9 Å². The Morgan fingerprint density at radius 1 is 1.17 bits per heavy atom. The van der Waals surface area contributed by atoms with Crippen LogP contribution in [-0.2, 0) is 0 Å². The van der Waals surface area contributed by atoms with E-state index in [4.69, 9.17) is 11.6 Å². The van der Waals surface area contributed by atoms with Gasteiger partial charge < -0.3 is 15.0 Å². The van der Waals surface area contributed by atoms with E-state index in [9.17, 15) is 17.6 Å². The molecule has 1 atom stereocenters. The average molecular weight is 525 g/mol. The second-order valence-electron chi connectivity index (χ2n) is 8.31. The van der Waals surface area contributed by atoms with Crippen molar-refractivity contribution in [1.82, 2.24) is 20.3 Å². The largest absolute Gasteiger partial charge is 0.434 e. The maximum atomic E-state index is 14.4. The van der Waals surface area contributed by atoms with Gasteiger partial charge in [-0.05, 0) is 49.7 Å². The summed E-state index contributed by atoms with van der Waals surface area (Å²) < 4.78 is 59.2. The lowest BCUT2D eigenvalue weighted by molar-refractivity contribution is -0.0506. The molecule has 0 spiro atoms. The second kappa shape index (κ2) is 10.1. The van der Waals surface area contributed by atoms with E-state index in [2.05, 4.69) is 25.0 Å². The van der Waals surface area contributed by atoms with Crippen molar-refractivity contribution >= 4 is 34.0 Å². The van der Waals surface area contributed by atoms with Crippen LogP contribution in [0, 0.1) is 5.82 Å². The van der Waals surface area contributed by atoms with Crippen molar-refractivity contribution in [2.45, 2.75) is 31.3 Å². The third-order valence-corrected chi connectivity index (χ3v) is 7.84. The van der Waals surface area contributed by atoms with Crippen LogP contribution in [0.15, 0.2) is 36.8 Å². The van der Waals surface area contributed by atoms with Gasteiger partial charge in [0.25, 0.3) is 0 Å². The van der Waals surface area contributed by atoms with E-state index >= 15 is 0 Å². The highest BCUT2D eigenvalue weighted by Gasteiger charge is 2.28. The minimum Gasteiger partial charge on any atom is -0.434 e. The number of aromatic nitrogens is 3. The smallest absolute Gasteiger partial charge is 0.387 e. The Balaban J connectivity index is 1.55.